The molecule has 0 aromatic carbocycles. The Morgan fingerprint density at radius 1 is 1.44 bits per heavy atom. The van der Waals surface area contributed by atoms with Crippen molar-refractivity contribution in [2.75, 3.05) is 0 Å². The van der Waals surface area contributed by atoms with Crippen molar-refractivity contribution >= 4 is 11.9 Å². The van der Waals surface area contributed by atoms with Crippen LogP contribution in [0.4, 0.5) is 0 Å². The smallest absolute Gasteiger partial charge is 0.316 e. The summed E-state index contributed by atoms with van der Waals surface area (Å²) >= 11 is 0. The molecule has 5 rings (SSSR count). The molecule has 1 aliphatic heterocycles. The second-order valence-corrected chi connectivity index (χ2v) is 8.94. The molecule has 2 unspecified atom stereocenters. The summed E-state index contributed by atoms with van der Waals surface area (Å²) in [7, 11) is 0. The Kier molecular flexibility index (Phi) is 2.50. The standard InChI is InChI=1S/C19H22O6/c1-9-7-17-8-18(9,24)5-3-10(17)19-6-4-11(20)16(2,15(23)25-19)13(19)12(17)14(21)22/h4,6,10-13,20,24H,1,3,5,7-8H2,2H3,(H,21,22)/t10?,11-,12+,13?,16-,17-,18-,19+/m0/s1. The van der Waals surface area contributed by atoms with Crippen LogP contribution in [0, 0.1) is 28.6 Å². The molecule has 1 spiro atoms. The number of carboxylic acids is 1. The molecule has 0 aromatic rings. The zero-order chi connectivity index (χ0) is 18.0. The van der Waals surface area contributed by atoms with Gasteiger partial charge in [0.15, 0.2) is 0 Å². The molecule has 6 nitrogen and oxygen atoms in total. The molecule has 8 atom stereocenters. The molecule has 3 N–H and O–H groups in total. The van der Waals surface area contributed by atoms with E-state index in [1.807, 2.05) is 0 Å². The van der Waals surface area contributed by atoms with E-state index < -0.39 is 51.9 Å². The number of carbonyl (C=O) groups excluding carboxylic acids is 1. The number of fused-ring (bicyclic) bond motifs is 1. The fourth-order valence-electron chi connectivity index (χ4n) is 7.13. The first-order chi connectivity index (χ1) is 11.6. The van der Waals surface area contributed by atoms with Crippen LogP contribution < -0.4 is 0 Å². The number of ether oxygens (including phenoxy) is 1. The molecule has 134 valence electrons. The Labute approximate surface area is 145 Å². The molecule has 3 saturated carbocycles. The molecule has 5 aliphatic rings. The predicted molar refractivity (Wildman–Crippen MR) is 85.2 cm³/mol. The Bertz CT molecular complexity index is 772. The van der Waals surface area contributed by atoms with E-state index in [4.69, 9.17) is 4.74 Å². The quantitative estimate of drug-likeness (QED) is 0.484. The highest BCUT2D eigenvalue weighted by Gasteiger charge is 2.83. The van der Waals surface area contributed by atoms with Crippen molar-refractivity contribution < 1.29 is 29.6 Å². The second-order valence-electron chi connectivity index (χ2n) is 8.94. The maximum absolute atomic E-state index is 12.7. The molecule has 0 aromatic heterocycles. The monoisotopic (exact) mass is 346 g/mol. The number of hydrogen-bond donors (Lipinski definition) is 3. The van der Waals surface area contributed by atoms with Gasteiger partial charge in [-0.25, -0.2) is 0 Å². The van der Waals surface area contributed by atoms with Gasteiger partial charge in [-0.1, -0.05) is 12.7 Å². The van der Waals surface area contributed by atoms with E-state index in [0.29, 0.717) is 31.3 Å². The molecule has 1 saturated heterocycles. The third-order valence-electron chi connectivity index (χ3n) is 8.12. The minimum atomic E-state index is -1.27. The molecule has 0 amide bonds. The van der Waals surface area contributed by atoms with Gasteiger partial charge >= 0.3 is 11.9 Å². The minimum absolute atomic E-state index is 0.180. The Hall–Kier alpha value is -1.66. The van der Waals surface area contributed by atoms with E-state index in [0.717, 1.165) is 0 Å². The zero-order valence-electron chi connectivity index (χ0n) is 14.1. The predicted octanol–water partition coefficient (Wildman–Crippen LogP) is 1.03. The Balaban J connectivity index is 1.78. The van der Waals surface area contributed by atoms with Crippen LogP contribution in [0.25, 0.3) is 0 Å². The highest BCUT2D eigenvalue weighted by molar-refractivity contribution is 5.86. The van der Waals surface area contributed by atoms with E-state index in [2.05, 4.69) is 6.58 Å². The number of aliphatic hydroxyl groups is 2. The largest absolute Gasteiger partial charge is 0.481 e. The van der Waals surface area contributed by atoms with Gasteiger partial charge in [0, 0.05) is 11.8 Å². The first kappa shape index (κ1) is 15.6. The van der Waals surface area contributed by atoms with Crippen molar-refractivity contribution in [3.05, 3.63) is 24.3 Å². The van der Waals surface area contributed by atoms with Gasteiger partial charge in [-0.2, -0.15) is 0 Å². The Morgan fingerprint density at radius 3 is 2.84 bits per heavy atom. The second kappa shape index (κ2) is 4.01. The maximum atomic E-state index is 12.7. The maximum Gasteiger partial charge on any atom is 0.316 e. The first-order valence-electron chi connectivity index (χ1n) is 8.86. The molecule has 6 heteroatoms. The van der Waals surface area contributed by atoms with Crippen LogP contribution in [0.3, 0.4) is 0 Å². The molecular formula is C19H22O6. The summed E-state index contributed by atoms with van der Waals surface area (Å²) in [5, 5.41) is 31.6. The highest BCUT2D eigenvalue weighted by Crippen LogP contribution is 2.77. The van der Waals surface area contributed by atoms with Crippen molar-refractivity contribution in [3.63, 3.8) is 0 Å². The van der Waals surface area contributed by atoms with Gasteiger partial charge in [0.1, 0.15) is 11.0 Å². The lowest BCUT2D eigenvalue weighted by molar-refractivity contribution is -0.163. The molecule has 4 aliphatic carbocycles. The van der Waals surface area contributed by atoms with Gasteiger partial charge in [0.05, 0.1) is 17.6 Å². The highest BCUT2D eigenvalue weighted by atomic mass is 16.6. The van der Waals surface area contributed by atoms with E-state index in [9.17, 15) is 24.9 Å². The van der Waals surface area contributed by atoms with E-state index in [-0.39, 0.29) is 5.92 Å². The summed E-state index contributed by atoms with van der Waals surface area (Å²) in [5.74, 6) is -3.18. The first-order valence-corrected chi connectivity index (χ1v) is 8.86. The van der Waals surface area contributed by atoms with Gasteiger partial charge in [-0.3, -0.25) is 9.59 Å². The van der Waals surface area contributed by atoms with E-state index >= 15 is 0 Å². The number of esters is 1. The minimum Gasteiger partial charge on any atom is -0.481 e. The number of rotatable bonds is 1. The third-order valence-corrected chi connectivity index (χ3v) is 8.12. The fraction of sp³-hybridized carbons (Fsp3) is 0.684. The normalized spacial score (nSPS) is 58.0. The van der Waals surface area contributed by atoms with Crippen LogP contribution in [0.1, 0.15) is 32.6 Å². The van der Waals surface area contributed by atoms with Crippen LogP contribution in [-0.4, -0.2) is 44.6 Å². The van der Waals surface area contributed by atoms with Gasteiger partial charge in [-0.15, -0.1) is 0 Å². The van der Waals surface area contributed by atoms with Gasteiger partial charge in [0.2, 0.25) is 0 Å². The molecule has 4 bridgehead atoms. The Morgan fingerprint density at radius 2 is 2.16 bits per heavy atom. The number of hydrogen-bond acceptors (Lipinski definition) is 5. The number of carbonyl (C=O) groups is 2. The fourth-order valence-corrected chi connectivity index (χ4v) is 7.13. The van der Waals surface area contributed by atoms with Crippen LogP contribution >= 0.6 is 0 Å². The summed E-state index contributed by atoms with van der Waals surface area (Å²) in [4.78, 5) is 25.1. The van der Waals surface area contributed by atoms with E-state index in [1.54, 1.807) is 19.1 Å². The third kappa shape index (κ3) is 1.36. The average molecular weight is 346 g/mol. The van der Waals surface area contributed by atoms with Gasteiger partial charge in [-0.05, 0) is 49.7 Å². The zero-order valence-corrected chi connectivity index (χ0v) is 14.1. The van der Waals surface area contributed by atoms with Crippen LogP contribution in [0.2, 0.25) is 0 Å². The van der Waals surface area contributed by atoms with Gasteiger partial charge < -0.3 is 20.1 Å². The van der Waals surface area contributed by atoms with Gasteiger partial charge in [0.25, 0.3) is 0 Å². The lowest BCUT2D eigenvalue weighted by Crippen LogP contribution is -2.50. The summed E-state index contributed by atoms with van der Waals surface area (Å²) in [6.45, 7) is 5.64. The topological polar surface area (TPSA) is 104 Å². The number of carboxylic acid groups (broad SMARTS) is 1. The summed E-state index contributed by atoms with van der Waals surface area (Å²) in [6, 6.07) is 0. The van der Waals surface area contributed by atoms with E-state index in [1.165, 1.54) is 0 Å². The van der Waals surface area contributed by atoms with Crippen LogP contribution in [0.5, 0.6) is 0 Å². The SMILES string of the molecule is C=C1C[C@]23C[C@@]1(O)CCC2[C@@]12C=C[C@H](O)[C@](C)(C(=O)O1)C2[C@@H]3C(=O)O. The van der Waals surface area contributed by atoms with Crippen molar-refractivity contribution in [3.8, 4) is 0 Å². The summed E-state index contributed by atoms with van der Waals surface area (Å²) in [5.41, 5.74) is -3.29. The number of aliphatic hydroxyl groups excluding tert-OH is 1. The average Bonchev–Trinajstić information content (AvgIpc) is 2.95. The summed E-state index contributed by atoms with van der Waals surface area (Å²) in [6.07, 6.45) is 4.11. The molecule has 25 heavy (non-hydrogen) atoms. The van der Waals surface area contributed by atoms with Crippen molar-refractivity contribution in [2.45, 2.75) is 49.9 Å². The van der Waals surface area contributed by atoms with Crippen molar-refractivity contribution in [1.82, 2.24) is 0 Å². The van der Waals surface area contributed by atoms with Crippen molar-refractivity contribution in [2.24, 2.45) is 28.6 Å². The molecule has 0 radical (unpaired) electrons. The summed E-state index contributed by atoms with van der Waals surface area (Å²) < 4.78 is 5.87. The number of aliphatic carboxylic acids is 1. The lowest BCUT2D eigenvalue weighted by atomic mass is 9.61. The molecular weight excluding hydrogens is 324 g/mol. The molecule has 1 heterocycles. The lowest BCUT2D eigenvalue weighted by Gasteiger charge is -2.44. The van der Waals surface area contributed by atoms with Crippen LogP contribution in [-0.2, 0) is 14.3 Å². The van der Waals surface area contributed by atoms with Crippen molar-refractivity contribution in [1.29, 1.82) is 0 Å². The van der Waals surface area contributed by atoms with Crippen LogP contribution in [0.15, 0.2) is 24.3 Å². The molecule has 4 fully saturated rings.